The molecule has 0 aliphatic carbocycles. The summed E-state index contributed by atoms with van der Waals surface area (Å²) in [7, 11) is 1.44. The van der Waals surface area contributed by atoms with E-state index in [1.54, 1.807) is 15.2 Å². The van der Waals surface area contributed by atoms with Crippen LogP contribution in [-0.4, -0.2) is 40.3 Å². The zero-order valence-corrected chi connectivity index (χ0v) is 25.7. The standard InChI is InChI=1S/C36H38N4O5/c1-3-39-32-23-29(38-20-18-26(19-21-38)22-34(41)43-2)14-15-30(32)40(36(39)42)31-16-17-33(44-24-27-10-6-4-7-11-27)37-35(31)45-25-28-12-8-5-9-13-28/h4-17,23,26H,3,18-22,24-25H2,1-2H3. The summed E-state index contributed by atoms with van der Waals surface area (Å²) in [6.07, 6.45) is 2.29. The Morgan fingerprint density at radius 2 is 1.51 bits per heavy atom. The van der Waals surface area contributed by atoms with Crippen LogP contribution in [0.1, 0.15) is 37.3 Å². The van der Waals surface area contributed by atoms with Crippen molar-refractivity contribution in [2.45, 2.75) is 45.9 Å². The minimum Gasteiger partial charge on any atom is -0.473 e. The topological polar surface area (TPSA) is 87.8 Å². The molecule has 3 heterocycles. The summed E-state index contributed by atoms with van der Waals surface area (Å²) in [4.78, 5) is 32.8. The van der Waals surface area contributed by atoms with Gasteiger partial charge >= 0.3 is 11.7 Å². The van der Waals surface area contributed by atoms with E-state index < -0.39 is 0 Å². The molecule has 232 valence electrons. The number of carbonyl (C=O) groups excluding carboxylic acids is 1. The number of hydrogen-bond acceptors (Lipinski definition) is 7. The van der Waals surface area contributed by atoms with Crippen molar-refractivity contribution in [1.29, 1.82) is 0 Å². The normalized spacial score (nSPS) is 13.6. The highest BCUT2D eigenvalue weighted by molar-refractivity contribution is 5.83. The van der Waals surface area contributed by atoms with Crippen LogP contribution in [0.15, 0.2) is 95.8 Å². The van der Waals surface area contributed by atoms with E-state index in [1.807, 2.05) is 79.7 Å². The molecule has 0 unspecified atom stereocenters. The maximum Gasteiger partial charge on any atom is 0.333 e. The number of aromatic nitrogens is 3. The molecule has 9 heteroatoms. The summed E-state index contributed by atoms with van der Waals surface area (Å²) in [5.41, 5.74) is 5.08. The van der Waals surface area contributed by atoms with Gasteiger partial charge in [-0.05, 0) is 61.1 Å². The third-order valence-electron chi connectivity index (χ3n) is 8.40. The van der Waals surface area contributed by atoms with Gasteiger partial charge in [0.05, 0.1) is 18.1 Å². The molecule has 0 amide bonds. The lowest BCUT2D eigenvalue weighted by molar-refractivity contribution is -0.141. The van der Waals surface area contributed by atoms with Gasteiger partial charge in [0.15, 0.2) is 0 Å². The number of benzene rings is 3. The van der Waals surface area contributed by atoms with Crippen LogP contribution >= 0.6 is 0 Å². The molecule has 0 bridgehead atoms. The molecule has 0 spiro atoms. The van der Waals surface area contributed by atoms with Crippen LogP contribution in [0.4, 0.5) is 5.69 Å². The Kier molecular flexibility index (Phi) is 9.14. The van der Waals surface area contributed by atoms with E-state index in [9.17, 15) is 9.59 Å². The van der Waals surface area contributed by atoms with Gasteiger partial charge in [0.2, 0.25) is 11.8 Å². The van der Waals surface area contributed by atoms with Gasteiger partial charge in [-0.15, -0.1) is 0 Å². The number of methoxy groups -OCH3 is 1. The van der Waals surface area contributed by atoms with Crippen molar-refractivity contribution in [2.75, 3.05) is 25.1 Å². The van der Waals surface area contributed by atoms with Crippen molar-refractivity contribution in [3.8, 4) is 17.4 Å². The fourth-order valence-corrected chi connectivity index (χ4v) is 5.92. The van der Waals surface area contributed by atoms with Crippen LogP contribution in [0, 0.1) is 5.92 Å². The molecule has 3 aromatic carbocycles. The largest absolute Gasteiger partial charge is 0.473 e. The SMILES string of the molecule is CCn1c(=O)n(-c2ccc(OCc3ccccc3)nc2OCc2ccccc2)c2ccc(N3CCC(CC(=O)OC)CC3)cc21. The van der Waals surface area contributed by atoms with E-state index in [4.69, 9.17) is 19.2 Å². The molecule has 0 saturated carbocycles. The van der Waals surface area contributed by atoms with E-state index in [0.717, 1.165) is 53.8 Å². The molecule has 45 heavy (non-hydrogen) atoms. The number of fused-ring (bicyclic) bond motifs is 1. The number of imidazole rings is 1. The quantitative estimate of drug-likeness (QED) is 0.167. The summed E-state index contributed by atoms with van der Waals surface area (Å²) >= 11 is 0. The van der Waals surface area contributed by atoms with Crippen molar-refractivity contribution >= 4 is 22.7 Å². The maximum absolute atomic E-state index is 14.0. The fraction of sp³-hybridized carbons (Fsp3) is 0.306. The summed E-state index contributed by atoms with van der Waals surface area (Å²) in [5.74, 6) is 0.906. The number of rotatable bonds is 11. The average molecular weight is 607 g/mol. The number of pyridine rings is 1. The van der Waals surface area contributed by atoms with Crippen LogP contribution in [0.25, 0.3) is 16.7 Å². The van der Waals surface area contributed by atoms with E-state index in [-0.39, 0.29) is 11.7 Å². The molecule has 0 atom stereocenters. The first-order valence-corrected chi connectivity index (χ1v) is 15.5. The highest BCUT2D eigenvalue weighted by Crippen LogP contribution is 2.31. The second kappa shape index (κ2) is 13.7. The Morgan fingerprint density at radius 1 is 0.844 bits per heavy atom. The number of anilines is 1. The van der Waals surface area contributed by atoms with Crippen molar-refractivity contribution < 1.29 is 19.0 Å². The van der Waals surface area contributed by atoms with Gasteiger partial charge in [0.25, 0.3) is 0 Å². The molecule has 0 N–H and O–H groups in total. The first-order chi connectivity index (χ1) is 22.0. The average Bonchev–Trinajstić information content (AvgIpc) is 3.37. The molecule has 9 nitrogen and oxygen atoms in total. The first-order valence-electron chi connectivity index (χ1n) is 15.5. The third-order valence-corrected chi connectivity index (χ3v) is 8.40. The third kappa shape index (κ3) is 6.72. The number of piperidine rings is 1. The van der Waals surface area contributed by atoms with Crippen LogP contribution in [0.3, 0.4) is 0 Å². The molecular weight excluding hydrogens is 568 g/mol. The predicted molar refractivity (Wildman–Crippen MR) is 174 cm³/mol. The second-order valence-electron chi connectivity index (χ2n) is 11.3. The lowest BCUT2D eigenvalue weighted by atomic mass is 9.93. The monoisotopic (exact) mass is 606 g/mol. The van der Waals surface area contributed by atoms with E-state index in [2.05, 4.69) is 17.0 Å². The van der Waals surface area contributed by atoms with Crippen molar-refractivity contribution in [1.82, 2.24) is 14.1 Å². The van der Waals surface area contributed by atoms with Crippen molar-refractivity contribution in [3.05, 3.63) is 113 Å². The fourth-order valence-electron chi connectivity index (χ4n) is 5.92. The number of ether oxygens (including phenoxy) is 3. The van der Waals surface area contributed by atoms with Crippen LogP contribution < -0.4 is 20.1 Å². The minimum absolute atomic E-state index is 0.152. The van der Waals surface area contributed by atoms with Gasteiger partial charge in [-0.3, -0.25) is 13.9 Å². The van der Waals surface area contributed by atoms with Gasteiger partial charge in [-0.1, -0.05) is 60.7 Å². The Labute approximate surface area is 262 Å². The molecule has 2 aromatic heterocycles. The van der Waals surface area contributed by atoms with Gasteiger partial charge in [0.1, 0.15) is 18.9 Å². The summed E-state index contributed by atoms with van der Waals surface area (Å²) in [6.45, 7) is 4.83. The molecule has 5 aromatic rings. The summed E-state index contributed by atoms with van der Waals surface area (Å²) < 4.78 is 20.6. The number of esters is 1. The predicted octanol–water partition coefficient (Wildman–Crippen LogP) is 6.14. The summed E-state index contributed by atoms with van der Waals surface area (Å²) in [6, 6.07) is 29.6. The molecule has 6 rings (SSSR count). The highest BCUT2D eigenvalue weighted by Gasteiger charge is 2.24. The van der Waals surface area contributed by atoms with Crippen molar-refractivity contribution in [3.63, 3.8) is 0 Å². The molecule has 1 fully saturated rings. The van der Waals surface area contributed by atoms with Gasteiger partial charge < -0.3 is 19.1 Å². The zero-order valence-electron chi connectivity index (χ0n) is 25.7. The second-order valence-corrected chi connectivity index (χ2v) is 11.3. The number of hydrogen-bond donors (Lipinski definition) is 0. The molecule has 1 aliphatic rings. The Hall–Kier alpha value is -5.05. The van der Waals surface area contributed by atoms with Gasteiger partial charge in [-0.25, -0.2) is 4.79 Å². The molecular formula is C36H38N4O5. The van der Waals surface area contributed by atoms with Crippen LogP contribution in [0.2, 0.25) is 0 Å². The highest BCUT2D eigenvalue weighted by atomic mass is 16.5. The van der Waals surface area contributed by atoms with Gasteiger partial charge in [-0.2, -0.15) is 4.98 Å². The first kappa shape index (κ1) is 30.0. The maximum atomic E-state index is 14.0. The number of carbonyl (C=O) groups is 1. The van der Waals surface area contributed by atoms with Crippen LogP contribution in [0.5, 0.6) is 11.8 Å². The summed E-state index contributed by atoms with van der Waals surface area (Å²) in [5, 5.41) is 0. The zero-order chi connectivity index (χ0) is 31.2. The smallest absolute Gasteiger partial charge is 0.333 e. The lowest BCUT2D eigenvalue weighted by Gasteiger charge is -2.33. The molecule has 1 saturated heterocycles. The minimum atomic E-state index is -0.161. The Morgan fingerprint density at radius 3 is 2.16 bits per heavy atom. The van der Waals surface area contributed by atoms with Crippen molar-refractivity contribution in [2.24, 2.45) is 5.92 Å². The van der Waals surface area contributed by atoms with E-state index in [0.29, 0.717) is 49.5 Å². The van der Waals surface area contributed by atoms with E-state index >= 15 is 0 Å². The number of nitrogens with zero attached hydrogens (tertiary/aromatic N) is 4. The number of aryl methyl sites for hydroxylation is 1. The molecule has 0 radical (unpaired) electrons. The van der Waals surface area contributed by atoms with Crippen LogP contribution in [-0.2, 0) is 29.3 Å². The Bertz CT molecular complexity index is 1810. The Balaban J connectivity index is 1.32. The van der Waals surface area contributed by atoms with E-state index in [1.165, 1.54) is 7.11 Å². The lowest BCUT2D eigenvalue weighted by Crippen LogP contribution is -2.34. The van der Waals surface area contributed by atoms with Gasteiger partial charge in [0, 0.05) is 37.8 Å². The molecule has 1 aliphatic heterocycles.